The van der Waals surface area contributed by atoms with E-state index < -0.39 is 66.8 Å². The third kappa shape index (κ3) is 8.71. The minimum Gasteiger partial charge on any atom is -0.787 e. The van der Waals surface area contributed by atoms with E-state index in [4.69, 9.17) is 27.2 Å². The van der Waals surface area contributed by atoms with Gasteiger partial charge in [0.1, 0.15) is 30.5 Å². The summed E-state index contributed by atoms with van der Waals surface area (Å²) in [7, 11) is 0.137. The molecule has 7 N–H and O–H groups in total. The van der Waals surface area contributed by atoms with E-state index in [1.165, 1.54) is 18.5 Å². The minimum atomic E-state index is -1.63. The molecule has 12 heteroatoms. The fraction of sp³-hybridized carbons (Fsp3) is 1.00. The predicted molar refractivity (Wildman–Crippen MR) is 117 cm³/mol. The molecule has 0 aromatic heterocycles. The molecule has 9 nitrogen and oxygen atoms in total. The molecule has 4 unspecified atom stereocenters. The average molecular weight is 672 g/mol. The molecule has 0 bridgehead atoms. The van der Waals surface area contributed by atoms with Gasteiger partial charge in [-0.3, -0.25) is 0 Å². The van der Waals surface area contributed by atoms with Crippen LogP contribution >= 0.6 is 7.92 Å². The van der Waals surface area contributed by atoms with Gasteiger partial charge in [0.05, 0.1) is 37.3 Å². The van der Waals surface area contributed by atoms with Crippen molar-refractivity contribution in [2.24, 2.45) is 5.92 Å². The van der Waals surface area contributed by atoms with E-state index >= 15 is 0 Å². The Morgan fingerprint density at radius 3 is 1.81 bits per heavy atom. The summed E-state index contributed by atoms with van der Waals surface area (Å²) in [6.07, 6.45) is -6.53. The molecule has 1 radical (unpaired) electrons. The first-order chi connectivity index (χ1) is 14.2. The second-order valence-corrected chi connectivity index (χ2v) is 12.0. The van der Waals surface area contributed by atoms with Crippen LogP contribution in [0.4, 0.5) is 0 Å². The largest absolute Gasteiger partial charge is 0.787 e. The van der Waals surface area contributed by atoms with Gasteiger partial charge in [0.2, 0.25) is 0 Å². The normalized spacial score (nSPS) is 40.6. The smallest absolute Gasteiger partial charge is 0.187 e. The van der Waals surface area contributed by atoms with E-state index in [0.717, 1.165) is 0 Å². The Morgan fingerprint density at radius 2 is 1.39 bits per heavy atom. The van der Waals surface area contributed by atoms with Gasteiger partial charge in [-0.25, -0.2) is 0 Å². The monoisotopic (exact) mass is 671 g/mol. The summed E-state index contributed by atoms with van der Waals surface area (Å²) in [6, 6.07) is 0. The predicted octanol–water partition coefficient (Wildman–Crippen LogP) is -1.92. The Labute approximate surface area is 206 Å². The topological polar surface area (TPSA) is 160 Å². The molecule has 0 aromatic rings. The quantitative estimate of drug-likeness (QED) is 0.0925. The average Bonchev–Trinajstić information content (AvgIpc) is 2.75. The number of aliphatic hydroxyl groups excluding tert-OH is 7. The number of aliphatic hydroxyl groups is 7. The molecule has 2 rings (SSSR count). The Hall–Kier alpha value is 1.16. The van der Waals surface area contributed by atoms with Crippen LogP contribution in [0.3, 0.4) is 0 Å². The van der Waals surface area contributed by atoms with Crippen molar-refractivity contribution in [3.8, 4) is 0 Å². The van der Waals surface area contributed by atoms with Crippen LogP contribution in [0.5, 0.6) is 0 Å². The van der Waals surface area contributed by atoms with Gasteiger partial charge in [-0.15, -0.1) is 5.25 Å². The van der Waals surface area contributed by atoms with Crippen LogP contribution in [-0.4, -0.2) is 122 Å². The third-order valence-electron chi connectivity index (χ3n) is 5.94. The Balaban J connectivity index is 0.000000975. The first-order valence-electron chi connectivity index (χ1n) is 10.6. The molecule has 2 aliphatic rings. The van der Waals surface area contributed by atoms with Crippen LogP contribution in [0.1, 0.15) is 27.2 Å². The van der Waals surface area contributed by atoms with Crippen molar-refractivity contribution in [3.63, 3.8) is 0 Å². The maximum Gasteiger partial charge on any atom is 0.187 e. The second-order valence-electron chi connectivity index (χ2n) is 7.81. The summed E-state index contributed by atoms with van der Waals surface area (Å²) in [5, 5.41) is 67.3. The van der Waals surface area contributed by atoms with E-state index in [9.17, 15) is 30.6 Å². The van der Waals surface area contributed by atoms with Gasteiger partial charge >= 0.3 is 0 Å². The maximum atomic E-state index is 10.1. The van der Waals surface area contributed by atoms with Crippen molar-refractivity contribution in [2.75, 3.05) is 31.7 Å². The zero-order valence-electron chi connectivity index (χ0n) is 18.2. The molecular formula is C19H39AuO9PS. The van der Waals surface area contributed by atoms with Crippen LogP contribution in [0, 0.1) is 5.92 Å². The molecule has 0 aromatic carbocycles. The van der Waals surface area contributed by atoms with Gasteiger partial charge in [0.15, 0.2) is 6.29 Å². The third-order valence-corrected chi connectivity index (χ3v) is 9.41. The van der Waals surface area contributed by atoms with E-state index in [1.807, 2.05) is 0 Å². The van der Waals surface area contributed by atoms with E-state index in [1.54, 1.807) is 0 Å². The molecule has 1 heterocycles. The van der Waals surface area contributed by atoms with Crippen molar-refractivity contribution in [1.29, 1.82) is 0 Å². The fourth-order valence-corrected chi connectivity index (χ4v) is 5.63. The summed E-state index contributed by atoms with van der Waals surface area (Å²) in [6.45, 7) is 5.95. The van der Waals surface area contributed by atoms with Crippen molar-refractivity contribution in [3.05, 3.63) is 0 Å². The van der Waals surface area contributed by atoms with Crippen LogP contribution in [0.2, 0.25) is 0 Å². The van der Waals surface area contributed by atoms with Crippen LogP contribution in [0.25, 0.3) is 0 Å². The Morgan fingerprint density at radius 1 is 0.839 bits per heavy atom. The number of hydrogen-bond donors (Lipinski definition) is 7. The molecule has 1 aliphatic carbocycles. The summed E-state index contributed by atoms with van der Waals surface area (Å²) < 4.78 is 10.7. The van der Waals surface area contributed by atoms with Gasteiger partial charge < -0.3 is 57.8 Å². The van der Waals surface area contributed by atoms with Gasteiger partial charge in [-0.05, 0) is 28.7 Å². The van der Waals surface area contributed by atoms with Gasteiger partial charge in [-0.2, -0.15) is 0 Å². The zero-order valence-corrected chi connectivity index (χ0v) is 22.2. The summed E-state index contributed by atoms with van der Waals surface area (Å²) in [5.41, 5.74) is 0. The van der Waals surface area contributed by atoms with Crippen molar-refractivity contribution < 1.29 is 67.6 Å². The van der Waals surface area contributed by atoms with Crippen LogP contribution in [0.15, 0.2) is 0 Å². The zero-order chi connectivity index (χ0) is 23.0. The van der Waals surface area contributed by atoms with Crippen LogP contribution < -0.4 is 0 Å². The van der Waals surface area contributed by atoms with Crippen molar-refractivity contribution in [1.82, 2.24) is 0 Å². The van der Waals surface area contributed by atoms with E-state index in [0.29, 0.717) is 0 Å². The van der Waals surface area contributed by atoms with Gasteiger partial charge in [0.25, 0.3) is 0 Å². The first kappa shape index (κ1) is 32.2. The standard InChI is InChI=1S/C13H24O9S.C6H15P.Au/c14-2-4-1-6(23)8(17)10(19)12(4)22-13-11(20)9(18)7(16)5(3-15)21-13;1-4-7(5-2)6-3;/h4-20,23H,1-3H2;4-6H2,1-3H3;/t4?,5?,6-,7+,8?,9+,10-,11?,12-,13+;;/m1../s1. The van der Waals surface area contributed by atoms with Crippen molar-refractivity contribution >= 4 is 20.6 Å². The summed E-state index contributed by atoms with van der Waals surface area (Å²) >= 11 is 5.02. The summed E-state index contributed by atoms with van der Waals surface area (Å²) in [4.78, 5) is 0. The molecule has 0 spiro atoms. The Kier molecular flexibility index (Phi) is 16.5. The maximum absolute atomic E-state index is 10.1. The molecule has 0 amide bonds. The second kappa shape index (κ2) is 15.9. The van der Waals surface area contributed by atoms with E-state index in [2.05, 4.69) is 20.8 Å². The molecule has 1 saturated heterocycles. The molecule has 191 valence electrons. The number of rotatable bonds is 7. The summed E-state index contributed by atoms with van der Waals surface area (Å²) in [5.74, 6) is -0.594. The Bertz CT molecular complexity index is 470. The SMILES string of the molecule is CC[PH+](CC)CC.OCC1C[C@@H]([S-])C(O)[C@@H](O)[C@@H]1O[C@@H]1OC(CO)[C@H](O)[C@H](O)C1O.[Au]. The van der Waals surface area contributed by atoms with Gasteiger partial charge in [0, 0.05) is 34.9 Å². The van der Waals surface area contributed by atoms with Crippen LogP contribution in [-0.2, 0) is 44.5 Å². The minimum absolute atomic E-state index is 0. The van der Waals surface area contributed by atoms with E-state index in [-0.39, 0.29) is 43.3 Å². The fourth-order valence-electron chi connectivity index (χ4n) is 3.72. The molecule has 1 aliphatic heterocycles. The molecule has 2 fully saturated rings. The first-order valence-corrected chi connectivity index (χ1v) is 13.2. The molecule has 1 saturated carbocycles. The van der Waals surface area contributed by atoms with Crippen molar-refractivity contribution in [2.45, 2.75) is 81.5 Å². The number of hydrogen-bond acceptors (Lipinski definition) is 10. The molecule has 31 heavy (non-hydrogen) atoms. The van der Waals surface area contributed by atoms with Gasteiger partial charge in [-0.1, -0.05) is 6.42 Å². The molecular weight excluding hydrogens is 632 g/mol. The molecule has 10 atom stereocenters. The number of ether oxygens (including phenoxy) is 2.